The predicted octanol–water partition coefficient (Wildman–Crippen LogP) is 0.434. The largest absolute Gasteiger partial charge is 0.352 e. The van der Waals surface area contributed by atoms with Crippen molar-refractivity contribution in [1.82, 2.24) is 10.6 Å². The van der Waals surface area contributed by atoms with Crippen molar-refractivity contribution in [2.24, 2.45) is 5.73 Å². The summed E-state index contributed by atoms with van der Waals surface area (Å²) >= 11 is 0. The van der Waals surface area contributed by atoms with Gasteiger partial charge in [-0.3, -0.25) is 0 Å². The van der Waals surface area contributed by atoms with Gasteiger partial charge >= 0.3 is 6.03 Å². The first-order chi connectivity index (χ1) is 5.77. The van der Waals surface area contributed by atoms with E-state index in [0.29, 0.717) is 6.54 Å². The van der Waals surface area contributed by atoms with Gasteiger partial charge in [0.1, 0.15) is 0 Å². The van der Waals surface area contributed by atoms with Gasteiger partial charge in [0, 0.05) is 13.1 Å². The van der Waals surface area contributed by atoms with Crippen molar-refractivity contribution in [3.8, 4) is 0 Å². The van der Waals surface area contributed by atoms with Gasteiger partial charge in [-0.25, -0.2) is 4.79 Å². The first kappa shape index (κ1) is 11.2. The smallest absolute Gasteiger partial charge is 0.312 e. The molecule has 0 bridgehead atoms. The number of rotatable bonds is 7. The number of hydrogen-bond acceptors (Lipinski definition) is 2. The van der Waals surface area contributed by atoms with Crippen LogP contribution in [0.2, 0.25) is 0 Å². The highest BCUT2D eigenvalue weighted by Crippen LogP contribution is 1.90. The molecule has 0 aliphatic heterocycles. The average molecular weight is 173 g/mol. The van der Waals surface area contributed by atoms with Crippen molar-refractivity contribution in [2.45, 2.75) is 26.2 Å². The molecule has 0 atom stereocenters. The molecule has 4 N–H and O–H groups in total. The Kier molecular flexibility index (Phi) is 7.79. The number of nitrogens with two attached hydrogens (primary N) is 1. The third kappa shape index (κ3) is 9.23. The van der Waals surface area contributed by atoms with Gasteiger partial charge in [0.15, 0.2) is 0 Å². The van der Waals surface area contributed by atoms with Crippen molar-refractivity contribution in [3.05, 3.63) is 0 Å². The fraction of sp³-hybridized carbons (Fsp3) is 0.875. The molecule has 0 aliphatic rings. The van der Waals surface area contributed by atoms with E-state index in [1.807, 2.05) is 0 Å². The van der Waals surface area contributed by atoms with Crippen molar-refractivity contribution in [1.29, 1.82) is 0 Å². The second-order valence-corrected chi connectivity index (χ2v) is 2.75. The number of amides is 2. The minimum absolute atomic E-state index is 0.453. The van der Waals surface area contributed by atoms with Crippen LogP contribution in [0.5, 0.6) is 0 Å². The zero-order valence-corrected chi connectivity index (χ0v) is 7.73. The van der Waals surface area contributed by atoms with E-state index in [1.54, 1.807) is 0 Å². The van der Waals surface area contributed by atoms with Crippen LogP contribution in [0.4, 0.5) is 4.79 Å². The molecule has 2 amide bonds. The standard InChI is InChI=1S/C8H19N3O/c1-2-3-4-5-10-6-7-11-8(9)12/h10H,2-7H2,1H3,(H3,9,11,12). The molecule has 0 radical (unpaired) electrons. The van der Waals surface area contributed by atoms with E-state index in [0.717, 1.165) is 13.1 Å². The molecule has 4 heteroatoms. The SMILES string of the molecule is CCCCCNCCNC(N)=O. The van der Waals surface area contributed by atoms with Gasteiger partial charge in [0.25, 0.3) is 0 Å². The van der Waals surface area contributed by atoms with Crippen LogP contribution in [0, 0.1) is 0 Å². The Morgan fingerprint density at radius 3 is 2.58 bits per heavy atom. The first-order valence-corrected chi connectivity index (χ1v) is 4.51. The zero-order chi connectivity index (χ0) is 9.23. The Morgan fingerprint density at radius 2 is 2.00 bits per heavy atom. The molecule has 72 valence electrons. The molecular weight excluding hydrogens is 154 g/mol. The average Bonchev–Trinajstić information content (AvgIpc) is 2.02. The molecule has 0 spiro atoms. The Hall–Kier alpha value is -0.770. The topological polar surface area (TPSA) is 67.2 Å². The molecule has 0 aromatic rings. The van der Waals surface area contributed by atoms with Crippen molar-refractivity contribution < 1.29 is 4.79 Å². The molecule has 0 saturated carbocycles. The molecule has 0 heterocycles. The minimum Gasteiger partial charge on any atom is -0.352 e. The van der Waals surface area contributed by atoms with Crippen LogP contribution in [0.15, 0.2) is 0 Å². The van der Waals surface area contributed by atoms with E-state index >= 15 is 0 Å². The van der Waals surface area contributed by atoms with E-state index in [4.69, 9.17) is 5.73 Å². The van der Waals surface area contributed by atoms with Gasteiger partial charge in [-0.1, -0.05) is 19.8 Å². The second-order valence-electron chi connectivity index (χ2n) is 2.75. The van der Waals surface area contributed by atoms with Gasteiger partial charge < -0.3 is 16.4 Å². The van der Waals surface area contributed by atoms with Crippen molar-refractivity contribution in [2.75, 3.05) is 19.6 Å². The Morgan fingerprint density at radius 1 is 1.25 bits per heavy atom. The fourth-order valence-electron chi connectivity index (χ4n) is 0.899. The molecule has 0 fully saturated rings. The molecule has 0 saturated heterocycles. The highest BCUT2D eigenvalue weighted by molar-refractivity contribution is 5.71. The lowest BCUT2D eigenvalue weighted by molar-refractivity contribution is 0.249. The van der Waals surface area contributed by atoms with Crippen LogP contribution in [0.25, 0.3) is 0 Å². The van der Waals surface area contributed by atoms with E-state index < -0.39 is 6.03 Å². The van der Waals surface area contributed by atoms with E-state index in [2.05, 4.69) is 17.6 Å². The third-order valence-electron chi connectivity index (χ3n) is 1.56. The van der Waals surface area contributed by atoms with Gasteiger partial charge in [0.05, 0.1) is 0 Å². The van der Waals surface area contributed by atoms with Gasteiger partial charge in [-0.15, -0.1) is 0 Å². The quantitative estimate of drug-likeness (QED) is 0.489. The zero-order valence-electron chi connectivity index (χ0n) is 7.73. The van der Waals surface area contributed by atoms with E-state index in [9.17, 15) is 4.79 Å². The number of carbonyl (C=O) groups is 1. The lowest BCUT2D eigenvalue weighted by Gasteiger charge is -2.03. The number of urea groups is 1. The summed E-state index contributed by atoms with van der Waals surface area (Å²) < 4.78 is 0. The number of unbranched alkanes of at least 4 members (excludes halogenated alkanes) is 2. The molecule has 0 aromatic heterocycles. The van der Waals surface area contributed by atoms with Crippen LogP contribution < -0.4 is 16.4 Å². The Balaban J connectivity index is 2.86. The third-order valence-corrected chi connectivity index (χ3v) is 1.56. The Labute approximate surface area is 73.9 Å². The number of carbonyl (C=O) groups excluding carboxylic acids is 1. The minimum atomic E-state index is -0.453. The number of primary amides is 1. The Bertz CT molecular complexity index is 117. The molecule has 0 rings (SSSR count). The summed E-state index contributed by atoms with van der Waals surface area (Å²) in [5, 5.41) is 5.72. The van der Waals surface area contributed by atoms with Crippen LogP contribution in [0.3, 0.4) is 0 Å². The summed E-state index contributed by atoms with van der Waals surface area (Å²) in [5.41, 5.74) is 4.88. The first-order valence-electron chi connectivity index (χ1n) is 4.51. The number of hydrogen-bond donors (Lipinski definition) is 3. The predicted molar refractivity (Wildman–Crippen MR) is 50.0 cm³/mol. The normalized spacial score (nSPS) is 9.75. The maximum absolute atomic E-state index is 10.2. The van der Waals surface area contributed by atoms with Crippen LogP contribution >= 0.6 is 0 Å². The van der Waals surface area contributed by atoms with Gasteiger partial charge in [0.2, 0.25) is 0 Å². The van der Waals surface area contributed by atoms with Crippen LogP contribution in [-0.2, 0) is 0 Å². The summed E-state index contributed by atoms with van der Waals surface area (Å²) in [7, 11) is 0. The summed E-state index contributed by atoms with van der Waals surface area (Å²) in [6.45, 7) is 4.61. The summed E-state index contributed by atoms with van der Waals surface area (Å²) in [5.74, 6) is 0. The molecule has 0 unspecified atom stereocenters. The van der Waals surface area contributed by atoms with Crippen LogP contribution in [-0.4, -0.2) is 25.7 Å². The van der Waals surface area contributed by atoms with Crippen molar-refractivity contribution in [3.63, 3.8) is 0 Å². The van der Waals surface area contributed by atoms with Gasteiger partial charge in [-0.05, 0) is 13.0 Å². The monoisotopic (exact) mass is 173 g/mol. The lowest BCUT2D eigenvalue weighted by Crippen LogP contribution is -2.35. The van der Waals surface area contributed by atoms with E-state index in [-0.39, 0.29) is 0 Å². The van der Waals surface area contributed by atoms with Gasteiger partial charge in [-0.2, -0.15) is 0 Å². The van der Waals surface area contributed by atoms with Crippen LogP contribution in [0.1, 0.15) is 26.2 Å². The molecule has 12 heavy (non-hydrogen) atoms. The number of nitrogens with one attached hydrogen (secondary N) is 2. The maximum Gasteiger partial charge on any atom is 0.312 e. The fourth-order valence-corrected chi connectivity index (χ4v) is 0.899. The second kappa shape index (κ2) is 8.33. The molecule has 0 aliphatic carbocycles. The molecule has 4 nitrogen and oxygen atoms in total. The lowest BCUT2D eigenvalue weighted by atomic mass is 10.2. The highest BCUT2D eigenvalue weighted by Gasteiger charge is 1.90. The van der Waals surface area contributed by atoms with E-state index in [1.165, 1.54) is 19.3 Å². The summed E-state index contributed by atoms with van der Waals surface area (Å²) in [6, 6.07) is -0.453. The molecular formula is C8H19N3O. The molecule has 0 aromatic carbocycles. The summed E-state index contributed by atoms with van der Waals surface area (Å²) in [4.78, 5) is 10.2. The maximum atomic E-state index is 10.2. The van der Waals surface area contributed by atoms with Crippen molar-refractivity contribution >= 4 is 6.03 Å². The summed E-state index contributed by atoms with van der Waals surface area (Å²) in [6.07, 6.45) is 3.70. The highest BCUT2D eigenvalue weighted by atomic mass is 16.2.